The molecule has 5 heteroatoms. The molecule has 2 N–H and O–H groups in total. The molecule has 1 fully saturated rings. The number of nitrogens with zero attached hydrogens (tertiary/aromatic N) is 1. The molecule has 0 bridgehead atoms. The van der Waals surface area contributed by atoms with Crippen molar-refractivity contribution in [1.29, 1.82) is 0 Å². The van der Waals surface area contributed by atoms with Crippen LogP contribution in [0.15, 0.2) is 54.2 Å². The number of carboxylic acid groups (broad SMARTS) is 1. The van der Waals surface area contributed by atoms with Crippen LogP contribution in [0.1, 0.15) is 24.5 Å². The highest BCUT2D eigenvalue weighted by Crippen LogP contribution is 2.54. The van der Waals surface area contributed by atoms with Crippen LogP contribution in [0.2, 0.25) is 0 Å². The third-order valence-corrected chi connectivity index (χ3v) is 6.42. The molecule has 0 radical (unpaired) electrons. The first-order valence-corrected chi connectivity index (χ1v) is 9.66. The van der Waals surface area contributed by atoms with Gasteiger partial charge in [0.05, 0.1) is 18.1 Å². The van der Waals surface area contributed by atoms with E-state index in [9.17, 15) is 19.8 Å². The maximum atomic E-state index is 12.6. The van der Waals surface area contributed by atoms with Crippen LogP contribution in [0, 0.1) is 11.8 Å². The predicted molar refractivity (Wildman–Crippen MR) is 104 cm³/mol. The Balaban J connectivity index is 1.67. The number of carboxylic acids is 1. The maximum absolute atomic E-state index is 12.6. The molecule has 5 nitrogen and oxygen atoms in total. The third kappa shape index (κ3) is 2.23. The Hall–Kier alpha value is -2.92. The lowest BCUT2D eigenvalue weighted by atomic mass is 9.70. The van der Waals surface area contributed by atoms with Crippen molar-refractivity contribution in [2.45, 2.75) is 31.9 Å². The largest absolute Gasteiger partial charge is 0.477 e. The highest BCUT2D eigenvalue weighted by atomic mass is 16.4. The van der Waals surface area contributed by atoms with Crippen LogP contribution in [0.4, 0.5) is 0 Å². The summed E-state index contributed by atoms with van der Waals surface area (Å²) in [6.45, 7) is 1.61. The van der Waals surface area contributed by atoms with Gasteiger partial charge in [0.15, 0.2) is 0 Å². The van der Waals surface area contributed by atoms with E-state index in [1.165, 1.54) is 4.90 Å². The third-order valence-electron chi connectivity index (χ3n) is 6.42. The normalized spacial score (nSPS) is 26.3. The molecule has 4 atom stereocenters. The Labute approximate surface area is 162 Å². The molecule has 0 spiro atoms. The minimum Gasteiger partial charge on any atom is -0.477 e. The van der Waals surface area contributed by atoms with Gasteiger partial charge in [-0.15, -0.1) is 0 Å². The molecule has 2 aromatic rings. The summed E-state index contributed by atoms with van der Waals surface area (Å²) in [6, 6.07) is 15.9. The van der Waals surface area contributed by atoms with Gasteiger partial charge in [-0.2, -0.15) is 0 Å². The van der Waals surface area contributed by atoms with Crippen molar-refractivity contribution in [3.05, 3.63) is 65.4 Å². The number of aliphatic carboxylic acids is 1. The number of aliphatic hydroxyl groups excluding tert-OH is 1. The number of hydrogen-bond donors (Lipinski definition) is 2. The van der Waals surface area contributed by atoms with Crippen LogP contribution in [0.3, 0.4) is 0 Å². The number of aryl methyl sites for hydroxylation is 1. The fourth-order valence-corrected chi connectivity index (χ4v) is 5.22. The molecule has 1 amide bonds. The molecule has 3 aliphatic rings. The quantitative estimate of drug-likeness (QED) is 0.809. The summed E-state index contributed by atoms with van der Waals surface area (Å²) in [5.41, 5.74) is 5.01. The minimum absolute atomic E-state index is 0.0399. The Morgan fingerprint density at radius 3 is 2.57 bits per heavy atom. The summed E-state index contributed by atoms with van der Waals surface area (Å²) >= 11 is 0. The van der Waals surface area contributed by atoms with Crippen LogP contribution in [0.25, 0.3) is 16.7 Å². The molecule has 0 saturated carbocycles. The number of carbonyl (C=O) groups is 2. The van der Waals surface area contributed by atoms with Crippen LogP contribution >= 0.6 is 0 Å². The number of aliphatic hydroxyl groups is 1. The first-order valence-electron chi connectivity index (χ1n) is 9.66. The van der Waals surface area contributed by atoms with E-state index >= 15 is 0 Å². The topological polar surface area (TPSA) is 77.8 Å². The van der Waals surface area contributed by atoms with Gasteiger partial charge in [-0.25, -0.2) is 4.79 Å². The van der Waals surface area contributed by atoms with Crippen molar-refractivity contribution in [3.8, 4) is 11.1 Å². The minimum atomic E-state index is -1.07. The van der Waals surface area contributed by atoms with E-state index in [4.69, 9.17) is 0 Å². The second-order valence-electron chi connectivity index (χ2n) is 7.92. The van der Waals surface area contributed by atoms with Gasteiger partial charge < -0.3 is 15.1 Å². The van der Waals surface area contributed by atoms with Crippen LogP contribution in [-0.4, -0.2) is 39.1 Å². The van der Waals surface area contributed by atoms with Crippen molar-refractivity contribution in [2.75, 3.05) is 0 Å². The smallest absolute Gasteiger partial charge is 0.352 e. The van der Waals surface area contributed by atoms with Crippen molar-refractivity contribution in [1.82, 2.24) is 4.90 Å². The molecule has 5 rings (SSSR count). The summed E-state index contributed by atoms with van der Waals surface area (Å²) in [7, 11) is 0. The van der Waals surface area contributed by atoms with Crippen molar-refractivity contribution in [2.24, 2.45) is 11.8 Å². The van der Waals surface area contributed by atoms with Gasteiger partial charge in [-0.3, -0.25) is 4.79 Å². The molecule has 2 heterocycles. The Morgan fingerprint density at radius 1 is 1.14 bits per heavy atom. The monoisotopic (exact) mass is 375 g/mol. The summed E-state index contributed by atoms with van der Waals surface area (Å²) in [5, 5.41) is 20.0. The Bertz CT molecular complexity index is 1020. The van der Waals surface area contributed by atoms with Crippen LogP contribution < -0.4 is 0 Å². The number of β-lactam (4-membered cyclic amide) rings is 1. The second kappa shape index (κ2) is 6.04. The lowest BCUT2D eigenvalue weighted by Gasteiger charge is -2.47. The molecule has 2 aromatic carbocycles. The highest BCUT2D eigenvalue weighted by molar-refractivity contribution is 6.07. The summed E-state index contributed by atoms with van der Waals surface area (Å²) in [5.74, 6) is -1.91. The molecule has 0 aromatic heterocycles. The first-order chi connectivity index (χ1) is 13.5. The zero-order valence-corrected chi connectivity index (χ0v) is 15.5. The number of benzene rings is 2. The molecular weight excluding hydrogens is 354 g/mol. The lowest BCUT2D eigenvalue weighted by Crippen LogP contribution is -2.64. The zero-order chi connectivity index (χ0) is 19.6. The van der Waals surface area contributed by atoms with Gasteiger partial charge in [0.1, 0.15) is 5.70 Å². The van der Waals surface area contributed by atoms with Gasteiger partial charge >= 0.3 is 5.97 Å². The number of hydrogen-bond acceptors (Lipinski definition) is 3. The number of amides is 1. The first kappa shape index (κ1) is 17.2. The summed E-state index contributed by atoms with van der Waals surface area (Å²) < 4.78 is 0. The Morgan fingerprint density at radius 2 is 1.89 bits per heavy atom. The molecule has 28 heavy (non-hydrogen) atoms. The molecule has 1 aliphatic carbocycles. The van der Waals surface area contributed by atoms with Crippen molar-refractivity contribution < 1.29 is 19.8 Å². The van der Waals surface area contributed by atoms with Crippen LogP contribution in [-0.2, 0) is 16.0 Å². The zero-order valence-electron chi connectivity index (χ0n) is 15.5. The average Bonchev–Trinajstić information content (AvgIpc) is 2.99. The fraction of sp³-hybridized carbons (Fsp3) is 0.304. The SMILES string of the molecule is C[C@@H](O)[C@H]1C(=O)N2C(C(=O)O)=C3c4cc(-c5ccccc5)ccc4CCC3[C@H]12. The number of rotatable bonds is 3. The van der Waals surface area contributed by atoms with E-state index in [0.717, 1.165) is 40.7 Å². The van der Waals surface area contributed by atoms with Crippen LogP contribution in [0.5, 0.6) is 0 Å². The molecule has 142 valence electrons. The van der Waals surface area contributed by atoms with Gasteiger partial charge in [0.25, 0.3) is 0 Å². The lowest BCUT2D eigenvalue weighted by molar-refractivity contribution is -0.163. The number of fused-ring (bicyclic) bond motifs is 5. The molecule has 1 saturated heterocycles. The Kier molecular flexibility index (Phi) is 3.71. The van der Waals surface area contributed by atoms with E-state index in [2.05, 4.69) is 18.2 Å². The summed E-state index contributed by atoms with van der Waals surface area (Å²) in [6.07, 6.45) is 0.859. The van der Waals surface area contributed by atoms with E-state index in [-0.39, 0.29) is 23.6 Å². The molecule has 1 unspecified atom stereocenters. The van der Waals surface area contributed by atoms with Crippen molar-refractivity contribution >= 4 is 17.4 Å². The van der Waals surface area contributed by atoms with E-state index < -0.39 is 18.0 Å². The highest BCUT2D eigenvalue weighted by Gasteiger charge is 2.61. The molecule has 2 aliphatic heterocycles. The van der Waals surface area contributed by atoms with Gasteiger partial charge in [-0.1, -0.05) is 42.5 Å². The van der Waals surface area contributed by atoms with E-state index in [1.807, 2.05) is 30.3 Å². The van der Waals surface area contributed by atoms with E-state index in [1.54, 1.807) is 6.92 Å². The molecular formula is C23H21NO4. The van der Waals surface area contributed by atoms with Gasteiger partial charge in [0.2, 0.25) is 5.91 Å². The predicted octanol–water partition coefficient (Wildman–Crippen LogP) is 2.93. The fourth-order valence-electron chi connectivity index (χ4n) is 5.22. The number of carbonyl (C=O) groups excluding carboxylic acids is 1. The summed E-state index contributed by atoms with van der Waals surface area (Å²) in [4.78, 5) is 26.2. The average molecular weight is 375 g/mol. The van der Waals surface area contributed by atoms with E-state index in [0.29, 0.717) is 0 Å². The standard InChI is InChI=1S/C23H21NO4/c1-12(25)18-20-16-10-9-14-7-8-15(13-5-3-2-4-6-13)11-17(14)19(16)21(23(27)28)24(20)22(18)26/h2-8,11-12,16,18,20,25H,9-10H2,1H3,(H,27,28)/t12-,16?,18-,20-/m1/s1. The maximum Gasteiger partial charge on any atom is 0.352 e. The second-order valence-corrected chi connectivity index (χ2v) is 7.92. The van der Waals surface area contributed by atoms with Gasteiger partial charge in [-0.05, 0) is 53.7 Å². The van der Waals surface area contributed by atoms with Crippen molar-refractivity contribution in [3.63, 3.8) is 0 Å². The van der Waals surface area contributed by atoms with Gasteiger partial charge in [0, 0.05) is 5.92 Å².